The number of anilines is 1. The van der Waals surface area contributed by atoms with Crippen molar-refractivity contribution in [3.63, 3.8) is 0 Å². The van der Waals surface area contributed by atoms with Gasteiger partial charge in [-0.2, -0.15) is 0 Å². The van der Waals surface area contributed by atoms with E-state index in [9.17, 15) is 4.79 Å². The molecule has 0 saturated carbocycles. The maximum absolute atomic E-state index is 10.7. The Bertz CT molecular complexity index is 518. The van der Waals surface area contributed by atoms with E-state index >= 15 is 0 Å². The summed E-state index contributed by atoms with van der Waals surface area (Å²) in [6.45, 7) is 2.20. The molecule has 0 spiro atoms. The van der Waals surface area contributed by atoms with E-state index in [1.54, 1.807) is 11.3 Å². The highest BCUT2D eigenvalue weighted by atomic mass is 32.1. The van der Waals surface area contributed by atoms with Crippen molar-refractivity contribution < 1.29 is 4.79 Å². The summed E-state index contributed by atoms with van der Waals surface area (Å²) in [7, 11) is 0. The number of nitrogen functional groups attached to an aromatic ring is 1. The van der Waals surface area contributed by atoms with E-state index in [-0.39, 0.29) is 5.91 Å². The summed E-state index contributed by atoms with van der Waals surface area (Å²) < 4.78 is 0. The minimum Gasteiger partial charge on any atom is -0.375 e. The van der Waals surface area contributed by atoms with E-state index in [1.807, 2.05) is 11.4 Å². The molecule has 0 radical (unpaired) electrons. The maximum Gasteiger partial charge on any atom is 0.216 e. The molecule has 17 heavy (non-hydrogen) atoms. The quantitative estimate of drug-likeness (QED) is 0.891. The van der Waals surface area contributed by atoms with Gasteiger partial charge in [0.15, 0.2) is 5.13 Å². The number of thiazole rings is 1. The van der Waals surface area contributed by atoms with Gasteiger partial charge >= 0.3 is 0 Å². The number of amides is 1. The second-order valence-corrected chi connectivity index (χ2v) is 5.63. The normalized spacial score (nSPS) is 10.4. The zero-order valence-electron chi connectivity index (χ0n) is 9.40. The highest BCUT2D eigenvalue weighted by molar-refractivity contribution is 7.16. The zero-order chi connectivity index (χ0) is 12.3. The Morgan fingerprint density at radius 2 is 2.35 bits per heavy atom. The molecule has 3 N–H and O–H groups in total. The van der Waals surface area contributed by atoms with Crippen LogP contribution in [0.1, 0.15) is 11.8 Å². The standard InChI is InChI=1S/C11H13N3OS2/c1-7(15)13-5-4-8-2-3-10(17-8)9-6-16-11(12)14-9/h2-3,6H,4-5H2,1H3,(H2,12,14)(H,13,15). The lowest BCUT2D eigenvalue weighted by atomic mass is 10.3. The largest absolute Gasteiger partial charge is 0.375 e. The zero-order valence-corrected chi connectivity index (χ0v) is 11.0. The van der Waals surface area contributed by atoms with Crippen molar-refractivity contribution in [2.24, 2.45) is 0 Å². The summed E-state index contributed by atoms with van der Waals surface area (Å²) >= 11 is 3.13. The SMILES string of the molecule is CC(=O)NCCc1ccc(-c2csc(N)n2)s1. The van der Waals surface area contributed by atoms with Crippen molar-refractivity contribution in [3.05, 3.63) is 22.4 Å². The van der Waals surface area contributed by atoms with Gasteiger partial charge < -0.3 is 11.1 Å². The minimum atomic E-state index is 0.00838. The third-order valence-corrected chi connectivity index (χ3v) is 4.02. The van der Waals surface area contributed by atoms with Crippen LogP contribution in [-0.4, -0.2) is 17.4 Å². The van der Waals surface area contributed by atoms with Gasteiger partial charge in [-0.25, -0.2) is 4.98 Å². The van der Waals surface area contributed by atoms with Crippen molar-refractivity contribution in [1.82, 2.24) is 10.3 Å². The molecular formula is C11H13N3OS2. The van der Waals surface area contributed by atoms with E-state index in [1.165, 1.54) is 23.1 Å². The minimum absolute atomic E-state index is 0.00838. The van der Waals surface area contributed by atoms with Gasteiger partial charge in [-0.3, -0.25) is 4.79 Å². The van der Waals surface area contributed by atoms with Crippen LogP contribution in [0.5, 0.6) is 0 Å². The summed E-state index contributed by atoms with van der Waals surface area (Å²) in [5, 5.41) is 5.33. The fourth-order valence-corrected chi connectivity index (χ4v) is 3.02. The molecule has 90 valence electrons. The first-order valence-corrected chi connectivity index (χ1v) is 6.89. The molecule has 4 nitrogen and oxygen atoms in total. The van der Waals surface area contributed by atoms with E-state index in [0.29, 0.717) is 11.7 Å². The number of nitrogens with two attached hydrogens (primary N) is 1. The first-order valence-electron chi connectivity index (χ1n) is 5.19. The molecule has 0 aliphatic heterocycles. The molecule has 0 aliphatic carbocycles. The van der Waals surface area contributed by atoms with Crippen LogP contribution >= 0.6 is 22.7 Å². The summed E-state index contributed by atoms with van der Waals surface area (Å²) in [5.74, 6) is 0.00838. The second kappa shape index (κ2) is 5.29. The van der Waals surface area contributed by atoms with Gasteiger partial charge in [0.05, 0.1) is 10.6 Å². The van der Waals surface area contributed by atoms with Crippen LogP contribution in [0.15, 0.2) is 17.5 Å². The molecule has 6 heteroatoms. The number of aromatic nitrogens is 1. The molecule has 2 aromatic rings. The summed E-state index contributed by atoms with van der Waals surface area (Å²) in [6, 6.07) is 4.11. The molecule has 0 aromatic carbocycles. The molecule has 2 heterocycles. The molecule has 0 unspecified atom stereocenters. The van der Waals surface area contributed by atoms with Gasteiger partial charge in [0.1, 0.15) is 0 Å². The van der Waals surface area contributed by atoms with Crippen LogP contribution in [-0.2, 0) is 11.2 Å². The molecule has 0 fully saturated rings. The van der Waals surface area contributed by atoms with Crippen molar-refractivity contribution in [2.75, 3.05) is 12.3 Å². The van der Waals surface area contributed by atoms with Crippen LogP contribution in [0.3, 0.4) is 0 Å². The second-order valence-electron chi connectivity index (χ2n) is 3.57. The van der Waals surface area contributed by atoms with Crippen LogP contribution < -0.4 is 11.1 Å². The average Bonchev–Trinajstić information content (AvgIpc) is 2.86. The third kappa shape index (κ3) is 3.28. The molecule has 0 bridgehead atoms. The van der Waals surface area contributed by atoms with Crippen LogP contribution in [0.4, 0.5) is 5.13 Å². The van der Waals surface area contributed by atoms with Crippen LogP contribution in [0.25, 0.3) is 10.6 Å². The molecule has 0 atom stereocenters. The lowest BCUT2D eigenvalue weighted by Crippen LogP contribution is -2.21. The van der Waals surface area contributed by atoms with Crippen molar-refractivity contribution in [1.29, 1.82) is 0 Å². The van der Waals surface area contributed by atoms with Crippen molar-refractivity contribution in [2.45, 2.75) is 13.3 Å². The van der Waals surface area contributed by atoms with E-state index < -0.39 is 0 Å². The first-order chi connectivity index (χ1) is 8.15. The number of hydrogen-bond acceptors (Lipinski definition) is 5. The van der Waals surface area contributed by atoms with Gasteiger partial charge in [0.2, 0.25) is 5.91 Å². The third-order valence-electron chi connectivity index (χ3n) is 2.18. The van der Waals surface area contributed by atoms with Crippen LogP contribution in [0.2, 0.25) is 0 Å². The number of carbonyl (C=O) groups is 1. The van der Waals surface area contributed by atoms with Crippen molar-refractivity contribution in [3.8, 4) is 10.6 Å². The lowest BCUT2D eigenvalue weighted by Gasteiger charge is -1.98. The molecular weight excluding hydrogens is 254 g/mol. The fourth-order valence-electron chi connectivity index (χ4n) is 1.41. The van der Waals surface area contributed by atoms with E-state index in [0.717, 1.165) is 17.0 Å². The molecule has 0 saturated heterocycles. The van der Waals surface area contributed by atoms with Crippen LogP contribution in [0, 0.1) is 0 Å². The predicted molar refractivity (Wildman–Crippen MR) is 72.2 cm³/mol. The van der Waals surface area contributed by atoms with Gasteiger partial charge in [0.25, 0.3) is 0 Å². The number of nitrogens with one attached hydrogen (secondary N) is 1. The number of rotatable bonds is 4. The predicted octanol–water partition coefficient (Wildman–Crippen LogP) is 2.13. The van der Waals surface area contributed by atoms with Gasteiger partial charge in [0, 0.05) is 23.7 Å². The number of nitrogens with zero attached hydrogens (tertiary/aromatic N) is 1. The number of thiophene rings is 1. The maximum atomic E-state index is 10.7. The number of carbonyl (C=O) groups excluding carboxylic acids is 1. The Hall–Kier alpha value is -1.40. The average molecular weight is 267 g/mol. The lowest BCUT2D eigenvalue weighted by molar-refractivity contribution is -0.118. The van der Waals surface area contributed by atoms with Crippen molar-refractivity contribution >= 4 is 33.7 Å². The van der Waals surface area contributed by atoms with E-state index in [2.05, 4.69) is 16.4 Å². The van der Waals surface area contributed by atoms with E-state index in [4.69, 9.17) is 5.73 Å². The monoisotopic (exact) mass is 267 g/mol. The summed E-state index contributed by atoms with van der Waals surface area (Å²) in [4.78, 5) is 17.3. The Balaban J connectivity index is 1.98. The Morgan fingerprint density at radius 1 is 1.53 bits per heavy atom. The smallest absolute Gasteiger partial charge is 0.216 e. The number of hydrogen-bond donors (Lipinski definition) is 2. The Morgan fingerprint density at radius 3 is 3.00 bits per heavy atom. The topological polar surface area (TPSA) is 68.0 Å². The van der Waals surface area contributed by atoms with Gasteiger partial charge in [-0.1, -0.05) is 0 Å². The highest BCUT2D eigenvalue weighted by Crippen LogP contribution is 2.29. The molecule has 0 aliphatic rings. The first kappa shape index (κ1) is 12.1. The Labute approximate surface area is 107 Å². The molecule has 1 amide bonds. The van der Waals surface area contributed by atoms with Gasteiger partial charge in [-0.15, -0.1) is 22.7 Å². The molecule has 2 rings (SSSR count). The fraction of sp³-hybridized carbons (Fsp3) is 0.273. The summed E-state index contributed by atoms with van der Waals surface area (Å²) in [5.41, 5.74) is 6.53. The van der Waals surface area contributed by atoms with Gasteiger partial charge in [-0.05, 0) is 18.6 Å². The Kier molecular flexibility index (Phi) is 3.75. The highest BCUT2D eigenvalue weighted by Gasteiger charge is 2.06. The summed E-state index contributed by atoms with van der Waals surface area (Å²) in [6.07, 6.45) is 0.851. The molecule has 2 aromatic heterocycles.